The summed E-state index contributed by atoms with van der Waals surface area (Å²) in [5, 5.41) is 4.12. The van der Waals surface area contributed by atoms with E-state index in [1.807, 2.05) is 7.05 Å². The van der Waals surface area contributed by atoms with Crippen molar-refractivity contribution in [2.75, 3.05) is 12.4 Å². The third-order valence-corrected chi connectivity index (χ3v) is 3.85. The smallest absolute Gasteiger partial charge is 0.183 e. The zero-order valence-corrected chi connectivity index (χ0v) is 8.95. The third kappa shape index (κ3) is 1.12. The molecule has 0 saturated heterocycles. The van der Waals surface area contributed by atoms with Crippen LogP contribution < -0.4 is 5.32 Å². The molecule has 1 aromatic heterocycles. The number of aryl methyl sites for hydroxylation is 2. The van der Waals surface area contributed by atoms with Gasteiger partial charge in [0.15, 0.2) is 5.13 Å². The third-order valence-electron chi connectivity index (χ3n) is 2.82. The Bertz CT molecular complexity index is 446. The maximum absolute atomic E-state index is 4.52. The molecule has 0 saturated carbocycles. The fourth-order valence-electron chi connectivity index (χ4n) is 2.10. The van der Waals surface area contributed by atoms with E-state index in [4.69, 9.17) is 0 Å². The summed E-state index contributed by atoms with van der Waals surface area (Å²) in [6.45, 7) is 0. The van der Waals surface area contributed by atoms with Crippen molar-refractivity contribution in [1.82, 2.24) is 4.98 Å². The lowest BCUT2D eigenvalue weighted by Crippen LogP contribution is -1.84. The van der Waals surface area contributed by atoms with Gasteiger partial charge in [-0.3, -0.25) is 0 Å². The molecule has 1 aliphatic carbocycles. The summed E-state index contributed by atoms with van der Waals surface area (Å²) in [5.74, 6) is 0. The summed E-state index contributed by atoms with van der Waals surface area (Å²) in [4.78, 5) is 4.52. The molecule has 1 heterocycles. The average molecular weight is 204 g/mol. The molecule has 1 aromatic carbocycles. The van der Waals surface area contributed by atoms with Crippen LogP contribution in [-0.2, 0) is 12.8 Å². The van der Waals surface area contributed by atoms with Gasteiger partial charge in [-0.25, -0.2) is 4.98 Å². The first-order valence-electron chi connectivity index (χ1n) is 4.97. The lowest BCUT2D eigenvalue weighted by Gasteiger charge is -1.96. The predicted octanol–water partition coefficient (Wildman–Crippen LogP) is 2.83. The molecule has 72 valence electrons. The van der Waals surface area contributed by atoms with Gasteiger partial charge in [0.1, 0.15) is 0 Å². The minimum atomic E-state index is 1.02. The number of anilines is 1. The van der Waals surface area contributed by atoms with Crippen molar-refractivity contribution in [1.29, 1.82) is 0 Å². The molecule has 0 spiro atoms. The van der Waals surface area contributed by atoms with Crippen molar-refractivity contribution < 1.29 is 0 Å². The van der Waals surface area contributed by atoms with E-state index < -0.39 is 0 Å². The maximum Gasteiger partial charge on any atom is 0.183 e. The van der Waals surface area contributed by atoms with Gasteiger partial charge in [0.25, 0.3) is 0 Å². The van der Waals surface area contributed by atoms with Gasteiger partial charge in [0.2, 0.25) is 0 Å². The van der Waals surface area contributed by atoms with E-state index in [9.17, 15) is 0 Å². The zero-order chi connectivity index (χ0) is 9.54. The molecule has 0 unspecified atom stereocenters. The first-order valence-corrected chi connectivity index (χ1v) is 5.78. The Balaban J connectivity index is 2.25. The van der Waals surface area contributed by atoms with Crippen molar-refractivity contribution >= 4 is 26.7 Å². The fraction of sp³-hybridized carbons (Fsp3) is 0.364. The minimum absolute atomic E-state index is 1.02. The van der Waals surface area contributed by atoms with Crippen molar-refractivity contribution in [3.63, 3.8) is 0 Å². The Hall–Kier alpha value is -1.09. The predicted molar refractivity (Wildman–Crippen MR) is 61.2 cm³/mol. The lowest BCUT2D eigenvalue weighted by atomic mass is 10.1. The van der Waals surface area contributed by atoms with Gasteiger partial charge in [0, 0.05) is 7.05 Å². The quantitative estimate of drug-likeness (QED) is 0.772. The monoisotopic (exact) mass is 204 g/mol. The maximum atomic E-state index is 4.52. The number of nitrogens with one attached hydrogen (secondary N) is 1. The molecule has 0 fully saturated rings. The molecular weight excluding hydrogens is 192 g/mol. The van der Waals surface area contributed by atoms with E-state index >= 15 is 0 Å². The Morgan fingerprint density at radius 1 is 1.29 bits per heavy atom. The van der Waals surface area contributed by atoms with E-state index in [2.05, 4.69) is 22.4 Å². The van der Waals surface area contributed by atoms with Gasteiger partial charge >= 0.3 is 0 Å². The Morgan fingerprint density at radius 2 is 2.07 bits per heavy atom. The summed E-state index contributed by atoms with van der Waals surface area (Å²) in [6, 6.07) is 4.57. The van der Waals surface area contributed by atoms with Crippen molar-refractivity contribution in [3.05, 3.63) is 23.3 Å². The molecule has 3 rings (SSSR count). The molecule has 14 heavy (non-hydrogen) atoms. The van der Waals surface area contributed by atoms with Crippen molar-refractivity contribution in [2.45, 2.75) is 19.3 Å². The largest absolute Gasteiger partial charge is 0.365 e. The van der Waals surface area contributed by atoms with Crippen LogP contribution in [0, 0.1) is 0 Å². The average Bonchev–Trinajstić information content (AvgIpc) is 2.77. The molecule has 0 amide bonds. The van der Waals surface area contributed by atoms with Gasteiger partial charge in [-0.15, -0.1) is 0 Å². The second-order valence-corrected chi connectivity index (χ2v) is 4.74. The first kappa shape index (κ1) is 8.24. The summed E-state index contributed by atoms with van der Waals surface area (Å²) in [5.41, 5.74) is 4.19. The zero-order valence-electron chi connectivity index (χ0n) is 8.13. The molecule has 2 nitrogen and oxygen atoms in total. The summed E-state index contributed by atoms with van der Waals surface area (Å²) in [6.07, 6.45) is 3.79. The van der Waals surface area contributed by atoms with Crippen LogP contribution >= 0.6 is 11.3 Å². The summed E-state index contributed by atoms with van der Waals surface area (Å²) >= 11 is 1.74. The second kappa shape index (κ2) is 2.95. The first-order chi connectivity index (χ1) is 6.86. The van der Waals surface area contributed by atoms with E-state index in [-0.39, 0.29) is 0 Å². The van der Waals surface area contributed by atoms with Crippen LogP contribution in [0.5, 0.6) is 0 Å². The van der Waals surface area contributed by atoms with Gasteiger partial charge in [0.05, 0.1) is 10.2 Å². The van der Waals surface area contributed by atoms with E-state index in [0.29, 0.717) is 0 Å². The number of fused-ring (bicyclic) bond motifs is 2. The Morgan fingerprint density at radius 3 is 2.86 bits per heavy atom. The summed E-state index contributed by atoms with van der Waals surface area (Å²) < 4.78 is 1.31. The normalized spacial score (nSPS) is 14.6. The standard InChI is InChI=1S/C11H12N2S/c1-12-11-13-9-5-7-3-2-4-8(7)6-10(9)14-11/h5-6H,2-4H2,1H3,(H,12,13). The highest BCUT2D eigenvalue weighted by Gasteiger charge is 2.13. The summed E-state index contributed by atoms with van der Waals surface area (Å²) in [7, 11) is 1.92. The number of aromatic nitrogens is 1. The molecule has 2 aromatic rings. The lowest BCUT2D eigenvalue weighted by molar-refractivity contribution is 0.912. The molecule has 0 radical (unpaired) electrons. The van der Waals surface area contributed by atoms with Crippen LogP contribution in [0.15, 0.2) is 12.1 Å². The van der Waals surface area contributed by atoms with Crippen LogP contribution in [0.4, 0.5) is 5.13 Å². The van der Waals surface area contributed by atoms with Gasteiger partial charge in [-0.2, -0.15) is 0 Å². The molecule has 1 N–H and O–H groups in total. The Kier molecular flexibility index (Phi) is 1.74. The van der Waals surface area contributed by atoms with Crippen molar-refractivity contribution in [2.24, 2.45) is 0 Å². The van der Waals surface area contributed by atoms with Crippen LogP contribution in [0.1, 0.15) is 17.5 Å². The van der Waals surface area contributed by atoms with E-state index in [1.165, 1.54) is 35.1 Å². The van der Waals surface area contributed by atoms with Gasteiger partial charge < -0.3 is 5.32 Å². The highest BCUT2D eigenvalue weighted by molar-refractivity contribution is 7.22. The number of thiazole rings is 1. The number of benzene rings is 1. The molecule has 3 heteroatoms. The second-order valence-electron chi connectivity index (χ2n) is 3.71. The van der Waals surface area contributed by atoms with Gasteiger partial charge in [-0.05, 0) is 42.5 Å². The molecule has 0 bridgehead atoms. The molecular formula is C11H12N2S. The van der Waals surface area contributed by atoms with Crippen molar-refractivity contribution in [3.8, 4) is 0 Å². The minimum Gasteiger partial charge on any atom is -0.365 e. The topological polar surface area (TPSA) is 24.9 Å². The number of rotatable bonds is 1. The van der Waals surface area contributed by atoms with Gasteiger partial charge in [-0.1, -0.05) is 11.3 Å². The molecule has 1 aliphatic rings. The van der Waals surface area contributed by atoms with Crippen LogP contribution in [0.25, 0.3) is 10.2 Å². The highest BCUT2D eigenvalue weighted by atomic mass is 32.1. The fourth-order valence-corrected chi connectivity index (χ4v) is 2.97. The molecule has 0 aliphatic heterocycles. The van der Waals surface area contributed by atoms with Crippen LogP contribution in [-0.4, -0.2) is 12.0 Å². The molecule has 0 atom stereocenters. The van der Waals surface area contributed by atoms with Crippen LogP contribution in [0.2, 0.25) is 0 Å². The highest BCUT2D eigenvalue weighted by Crippen LogP contribution is 2.31. The van der Waals surface area contributed by atoms with E-state index in [0.717, 1.165) is 10.6 Å². The number of hydrogen-bond donors (Lipinski definition) is 1. The van der Waals surface area contributed by atoms with Crippen LogP contribution in [0.3, 0.4) is 0 Å². The van der Waals surface area contributed by atoms with E-state index in [1.54, 1.807) is 11.3 Å². The SMILES string of the molecule is CNc1nc2cc3c(cc2s1)CCC3. The number of nitrogens with zero attached hydrogens (tertiary/aromatic N) is 1. The number of hydrogen-bond acceptors (Lipinski definition) is 3. The Labute approximate surface area is 87.0 Å².